The molecule has 5 rings (SSSR count). The first kappa shape index (κ1) is 27.6. The normalized spacial score (nSPS) is 17.3. The van der Waals surface area contributed by atoms with Crippen LogP contribution in [0.1, 0.15) is 60.7 Å². The van der Waals surface area contributed by atoms with E-state index in [0.717, 1.165) is 28.3 Å². The van der Waals surface area contributed by atoms with Gasteiger partial charge in [-0.05, 0) is 73.1 Å². The van der Waals surface area contributed by atoms with Crippen molar-refractivity contribution in [2.75, 3.05) is 13.2 Å². The van der Waals surface area contributed by atoms with Gasteiger partial charge in [0.15, 0.2) is 0 Å². The average molecular weight is 543 g/mol. The Morgan fingerprint density at radius 1 is 0.975 bits per heavy atom. The lowest BCUT2D eigenvalue weighted by molar-refractivity contribution is 0.00578. The molecule has 0 unspecified atom stereocenters. The molecule has 1 heterocycles. The molecule has 0 saturated carbocycles. The van der Waals surface area contributed by atoms with Crippen molar-refractivity contribution < 1.29 is 33.1 Å². The van der Waals surface area contributed by atoms with Gasteiger partial charge in [-0.15, -0.1) is 0 Å². The molecule has 1 aliphatic carbocycles. The molecule has 206 valence electrons. The monoisotopic (exact) mass is 543 g/mol. The number of hydrogen-bond donors (Lipinski definition) is 2. The Morgan fingerprint density at radius 3 is 2.12 bits per heavy atom. The van der Waals surface area contributed by atoms with Crippen LogP contribution in [0.15, 0.2) is 72.2 Å². The molecule has 3 aromatic carbocycles. The zero-order chi connectivity index (χ0) is 28.7. The first-order valence-electron chi connectivity index (χ1n) is 13.1. The lowest BCUT2D eigenvalue weighted by Crippen LogP contribution is -2.41. The highest BCUT2D eigenvalue weighted by Crippen LogP contribution is 2.44. The SMILES string of the molecule is CC1(C)OB(C(=Cc2ccc(F)cc2C(=O)O)CNC(=O)OCC2c3ccccc3-c3ccccc32)OC1(C)C. The number of amides is 1. The first-order chi connectivity index (χ1) is 19.0. The fourth-order valence-corrected chi connectivity index (χ4v) is 5.06. The number of aromatic carboxylic acids is 1. The number of rotatable bonds is 7. The minimum Gasteiger partial charge on any atom is -0.478 e. The standard InChI is InChI=1S/C31H31BFNO6/c1-30(2)31(3,4)40-32(39-30)20(15-19-13-14-21(33)16-26(19)28(35)36)17-34-29(37)38-18-27-24-11-7-5-9-22(24)23-10-6-8-12-25(23)27/h5-16,27H,17-18H2,1-4H3,(H,34,37)(H,35,36). The number of fused-ring (bicyclic) bond motifs is 3. The van der Waals surface area contributed by atoms with E-state index >= 15 is 0 Å². The van der Waals surface area contributed by atoms with Crippen molar-refractivity contribution in [3.63, 3.8) is 0 Å². The molecular formula is C31H31BFNO6. The van der Waals surface area contributed by atoms with E-state index in [9.17, 15) is 19.1 Å². The second-order valence-electron chi connectivity index (χ2n) is 11.0. The molecule has 9 heteroatoms. The van der Waals surface area contributed by atoms with Crippen LogP contribution in [-0.2, 0) is 14.0 Å². The Balaban J connectivity index is 1.34. The van der Waals surface area contributed by atoms with Gasteiger partial charge in [-0.3, -0.25) is 0 Å². The summed E-state index contributed by atoms with van der Waals surface area (Å²) in [6.45, 7) is 7.68. The van der Waals surface area contributed by atoms with Gasteiger partial charge < -0.3 is 24.5 Å². The van der Waals surface area contributed by atoms with Gasteiger partial charge >= 0.3 is 19.2 Å². The second-order valence-corrected chi connectivity index (χ2v) is 11.0. The van der Waals surface area contributed by atoms with Gasteiger partial charge in [0.25, 0.3) is 0 Å². The number of halogens is 1. The summed E-state index contributed by atoms with van der Waals surface area (Å²) in [5.74, 6) is -2.03. The van der Waals surface area contributed by atoms with Crippen molar-refractivity contribution in [3.05, 3.63) is 100 Å². The zero-order valence-corrected chi connectivity index (χ0v) is 22.9. The largest absolute Gasteiger partial charge is 0.492 e. The summed E-state index contributed by atoms with van der Waals surface area (Å²) in [6, 6.07) is 19.7. The molecule has 0 atom stereocenters. The van der Waals surface area contributed by atoms with Gasteiger partial charge in [0, 0.05) is 12.5 Å². The minimum atomic E-state index is -1.27. The molecule has 1 aliphatic heterocycles. The number of carbonyl (C=O) groups excluding carboxylic acids is 1. The maximum atomic E-state index is 13.8. The van der Waals surface area contributed by atoms with E-state index in [0.29, 0.717) is 5.47 Å². The fourth-order valence-electron chi connectivity index (χ4n) is 5.06. The van der Waals surface area contributed by atoms with Crippen LogP contribution in [-0.4, -0.2) is 48.6 Å². The van der Waals surface area contributed by atoms with Crippen molar-refractivity contribution in [1.82, 2.24) is 5.32 Å². The highest BCUT2D eigenvalue weighted by Gasteiger charge is 2.52. The van der Waals surface area contributed by atoms with Gasteiger partial charge in [0.1, 0.15) is 12.4 Å². The fraction of sp³-hybridized carbons (Fsp3) is 0.290. The Labute approximate surface area is 233 Å². The van der Waals surface area contributed by atoms with Crippen molar-refractivity contribution in [3.8, 4) is 11.1 Å². The van der Waals surface area contributed by atoms with E-state index in [2.05, 4.69) is 17.4 Å². The van der Waals surface area contributed by atoms with Crippen LogP contribution in [0.3, 0.4) is 0 Å². The summed E-state index contributed by atoms with van der Waals surface area (Å²) in [4.78, 5) is 24.7. The maximum Gasteiger partial charge on any atom is 0.492 e. The Kier molecular flexibility index (Phi) is 7.29. The van der Waals surface area contributed by atoms with E-state index in [1.807, 2.05) is 64.1 Å². The molecule has 1 fully saturated rings. The van der Waals surface area contributed by atoms with Crippen LogP contribution in [0.25, 0.3) is 17.2 Å². The molecule has 3 aromatic rings. The lowest BCUT2D eigenvalue weighted by Gasteiger charge is -2.32. The van der Waals surface area contributed by atoms with E-state index in [4.69, 9.17) is 14.0 Å². The van der Waals surface area contributed by atoms with Gasteiger partial charge in [0.2, 0.25) is 0 Å². The topological polar surface area (TPSA) is 94.1 Å². The van der Waals surface area contributed by atoms with E-state index in [1.165, 1.54) is 12.1 Å². The molecule has 2 N–H and O–H groups in total. The molecule has 1 amide bonds. The van der Waals surface area contributed by atoms with Crippen LogP contribution < -0.4 is 5.32 Å². The number of carbonyl (C=O) groups is 2. The predicted molar refractivity (Wildman–Crippen MR) is 150 cm³/mol. The number of carboxylic acid groups (broad SMARTS) is 1. The van der Waals surface area contributed by atoms with Gasteiger partial charge in [-0.25, -0.2) is 14.0 Å². The summed E-state index contributed by atoms with van der Waals surface area (Å²) in [5, 5.41) is 12.4. The summed E-state index contributed by atoms with van der Waals surface area (Å²) in [6.07, 6.45) is 0.913. The van der Waals surface area contributed by atoms with Crippen LogP contribution in [0.2, 0.25) is 0 Å². The van der Waals surface area contributed by atoms with Crippen molar-refractivity contribution in [1.29, 1.82) is 0 Å². The Morgan fingerprint density at radius 2 is 1.55 bits per heavy atom. The third-order valence-electron chi connectivity index (χ3n) is 7.92. The molecule has 0 radical (unpaired) electrons. The van der Waals surface area contributed by atoms with Crippen molar-refractivity contribution in [2.45, 2.75) is 44.8 Å². The van der Waals surface area contributed by atoms with Crippen molar-refractivity contribution >= 4 is 25.3 Å². The number of carboxylic acids is 1. The van der Waals surface area contributed by atoms with Crippen LogP contribution >= 0.6 is 0 Å². The first-order valence-corrected chi connectivity index (χ1v) is 13.1. The Hall–Kier alpha value is -3.95. The third-order valence-corrected chi connectivity index (χ3v) is 7.92. The molecular weight excluding hydrogens is 512 g/mol. The summed E-state index contributed by atoms with van der Waals surface area (Å²) in [5.41, 5.74) is 3.64. The number of benzene rings is 3. The molecule has 0 spiro atoms. The number of nitrogens with one attached hydrogen (secondary N) is 1. The zero-order valence-electron chi connectivity index (χ0n) is 22.9. The van der Waals surface area contributed by atoms with E-state index < -0.39 is 36.2 Å². The van der Waals surface area contributed by atoms with Gasteiger partial charge in [-0.1, -0.05) is 60.7 Å². The third kappa shape index (κ3) is 5.27. The molecule has 7 nitrogen and oxygen atoms in total. The number of hydrogen-bond acceptors (Lipinski definition) is 5. The van der Waals surface area contributed by atoms with E-state index in [1.54, 1.807) is 6.08 Å². The van der Waals surface area contributed by atoms with Gasteiger partial charge in [-0.2, -0.15) is 0 Å². The van der Waals surface area contributed by atoms with Crippen LogP contribution in [0, 0.1) is 5.82 Å². The molecule has 0 aromatic heterocycles. The van der Waals surface area contributed by atoms with Crippen molar-refractivity contribution in [2.24, 2.45) is 0 Å². The minimum absolute atomic E-state index is 0.0378. The molecule has 0 bridgehead atoms. The lowest BCUT2D eigenvalue weighted by atomic mass is 9.76. The van der Waals surface area contributed by atoms with Crippen LogP contribution in [0.4, 0.5) is 9.18 Å². The average Bonchev–Trinajstić information content (AvgIpc) is 3.34. The summed E-state index contributed by atoms with van der Waals surface area (Å²) < 4.78 is 31.8. The highest BCUT2D eigenvalue weighted by atomic mass is 19.1. The second kappa shape index (κ2) is 10.6. The molecule has 2 aliphatic rings. The predicted octanol–water partition coefficient (Wildman–Crippen LogP) is 6.08. The smallest absolute Gasteiger partial charge is 0.478 e. The number of alkyl carbamates (subject to hydrolysis) is 1. The maximum absolute atomic E-state index is 13.8. The summed E-state index contributed by atoms with van der Waals surface area (Å²) >= 11 is 0. The van der Waals surface area contributed by atoms with Gasteiger partial charge in [0.05, 0.1) is 16.8 Å². The molecule has 1 saturated heterocycles. The van der Waals surface area contributed by atoms with Crippen LogP contribution in [0.5, 0.6) is 0 Å². The highest BCUT2D eigenvalue weighted by molar-refractivity contribution is 6.56. The molecule has 40 heavy (non-hydrogen) atoms. The Bertz CT molecular complexity index is 1440. The van der Waals surface area contributed by atoms with E-state index in [-0.39, 0.29) is 30.2 Å². The quantitative estimate of drug-likeness (QED) is 0.351. The number of ether oxygens (including phenoxy) is 1. The summed E-state index contributed by atoms with van der Waals surface area (Å²) in [7, 11) is -0.870.